The number of aromatic nitrogens is 1. The first-order chi connectivity index (χ1) is 13.0. The van der Waals surface area contributed by atoms with E-state index in [9.17, 15) is 4.79 Å². The molecule has 0 radical (unpaired) electrons. The van der Waals surface area contributed by atoms with Crippen molar-refractivity contribution in [2.45, 2.75) is 20.8 Å². The van der Waals surface area contributed by atoms with Crippen molar-refractivity contribution in [2.24, 2.45) is 4.99 Å². The average molecular weight is 472 g/mol. The van der Waals surface area contributed by atoms with Crippen molar-refractivity contribution >= 4 is 40.5 Å². The van der Waals surface area contributed by atoms with Crippen LogP contribution in [0.1, 0.15) is 34.2 Å². The molecule has 4 nitrogen and oxygen atoms in total. The van der Waals surface area contributed by atoms with Crippen molar-refractivity contribution in [2.75, 3.05) is 6.61 Å². The predicted molar refractivity (Wildman–Crippen MR) is 118 cm³/mol. The van der Waals surface area contributed by atoms with Gasteiger partial charge in [0.2, 0.25) is 0 Å². The van der Waals surface area contributed by atoms with Crippen LogP contribution in [0.2, 0.25) is 0 Å². The quantitative estimate of drug-likeness (QED) is 0.275. The van der Waals surface area contributed by atoms with Gasteiger partial charge in [-0.25, -0.2) is 4.79 Å². The number of carbonyl (C=O) groups excluding carboxylic acids is 1. The Morgan fingerprint density at radius 2 is 1.78 bits per heavy atom. The number of esters is 1. The Bertz CT molecular complexity index is 971. The SMILES string of the molecule is CCOC(=O)c1ccc(-n2c(C)cc(C=Nc3ccc(I)cc3)c2C)cc1. The molecule has 27 heavy (non-hydrogen) atoms. The minimum absolute atomic E-state index is 0.296. The number of hydrogen-bond donors (Lipinski definition) is 0. The summed E-state index contributed by atoms with van der Waals surface area (Å²) in [6.45, 7) is 6.31. The van der Waals surface area contributed by atoms with E-state index in [1.54, 1.807) is 19.1 Å². The Balaban J connectivity index is 1.87. The molecule has 0 amide bonds. The average Bonchev–Trinajstić information content (AvgIpc) is 2.95. The number of nitrogens with zero attached hydrogens (tertiary/aromatic N) is 2. The van der Waals surface area contributed by atoms with Crippen LogP contribution in [0.5, 0.6) is 0 Å². The Morgan fingerprint density at radius 1 is 1.11 bits per heavy atom. The maximum absolute atomic E-state index is 11.8. The molecule has 5 heteroatoms. The summed E-state index contributed by atoms with van der Waals surface area (Å²) in [5, 5.41) is 0. The molecule has 0 saturated heterocycles. The lowest BCUT2D eigenvalue weighted by atomic mass is 10.2. The third-order valence-corrected chi connectivity index (χ3v) is 5.01. The van der Waals surface area contributed by atoms with E-state index in [1.807, 2.05) is 42.6 Å². The highest BCUT2D eigenvalue weighted by atomic mass is 127. The summed E-state index contributed by atoms with van der Waals surface area (Å²) in [7, 11) is 0. The molecular formula is C22H21IN2O2. The Labute approximate surface area is 173 Å². The fraction of sp³-hybridized carbons (Fsp3) is 0.182. The van der Waals surface area contributed by atoms with Crippen molar-refractivity contribution in [1.82, 2.24) is 4.57 Å². The van der Waals surface area contributed by atoms with Crippen LogP contribution < -0.4 is 0 Å². The van der Waals surface area contributed by atoms with E-state index in [2.05, 4.69) is 52.1 Å². The van der Waals surface area contributed by atoms with E-state index in [-0.39, 0.29) is 5.97 Å². The maximum Gasteiger partial charge on any atom is 0.338 e. The van der Waals surface area contributed by atoms with Crippen LogP contribution in [-0.4, -0.2) is 23.4 Å². The lowest BCUT2D eigenvalue weighted by molar-refractivity contribution is 0.0526. The highest BCUT2D eigenvalue weighted by molar-refractivity contribution is 14.1. The van der Waals surface area contributed by atoms with Gasteiger partial charge in [0, 0.05) is 32.4 Å². The van der Waals surface area contributed by atoms with E-state index in [1.165, 1.54) is 3.57 Å². The van der Waals surface area contributed by atoms with Crippen LogP contribution in [0.15, 0.2) is 59.6 Å². The molecule has 0 spiro atoms. The van der Waals surface area contributed by atoms with Crippen LogP contribution >= 0.6 is 22.6 Å². The van der Waals surface area contributed by atoms with Crippen molar-refractivity contribution in [3.8, 4) is 5.69 Å². The van der Waals surface area contributed by atoms with Crippen molar-refractivity contribution < 1.29 is 9.53 Å². The van der Waals surface area contributed by atoms with Gasteiger partial charge in [-0.1, -0.05) is 0 Å². The molecular weight excluding hydrogens is 451 g/mol. The van der Waals surface area contributed by atoms with Crippen LogP contribution in [0.4, 0.5) is 5.69 Å². The number of halogens is 1. The fourth-order valence-corrected chi connectivity index (χ4v) is 3.31. The smallest absolute Gasteiger partial charge is 0.338 e. The first-order valence-corrected chi connectivity index (χ1v) is 9.83. The molecule has 0 bridgehead atoms. The molecule has 138 valence electrons. The van der Waals surface area contributed by atoms with E-state index in [4.69, 9.17) is 4.74 Å². The molecule has 0 aliphatic carbocycles. The van der Waals surface area contributed by atoms with Crippen molar-refractivity contribution in [3.05, 3.63) is 80.7 Å². The third kappa shape index (κ3) is 4.47. The van der Waals surface area contributed by atoms with Gasteiger partial charge >= 0.3 is 5.97 Å². The van der Waals surface area contributed by atoms with E-state index in [0.29, 0.717) is 12.2 Å². The maximum atomic E-state index is 11.8. The van der Waals surface area contributed by atoms with Crippen LogP contribution in [0.3, 0.4) is 0 Å². The van der Waals surface area contributed by atoms with Crippen molar-refractivity contribution in [1.29, 1.82) is 0 Å². The molecule has 0 aliphatic rings. The highest BCUT2D eigenvalue weighted by Crippen LogP contribution is 2.21. The highest BCUT2D eigenvalue weighted by Gasteiger charge is 2.11. The largest absolute Gasteiger partial charge is 0.462 e. The van der Waals surface area contributed by atoms with Gasteiger partial charge in [-0.05, 0) is 98.0 Å². The zero-order chi connectivity index (χ0) is 19.4. The molecule has 0 aliphatic heterocycles. The standard InChI is InChI=1S/C22H21IN2O2/c1-4-27-22(26)17-5-11-21(12-6-17)25-15(2)13-18(16(25)3)14-24-20-9-7-19(23)8-10-20/h5-14H,4H2,1-3H3. The Kier molecular flexibility index (Phi) is 6.11. The number of ether oxygens (including phenoxy) is 1. The summed E-state index contributed by atoms with van der Waals surface area (Å²) in [5.74, 6) is -0.296. The number of aliphatic imine (C=N–C) groups is 1. The normalized spacial score (nSPS) is 11.1. The van der Waals surface area contributed by atoms with E-state index in [0.717, 1.165) is 28.3 Å². The summed E-state index contributed by atoms with van der Waals surface area (Å²) in [6.07, 6.45) is 1.90. The van der Waals surface area contributed by atoms with Crippen LogP contribution in [-0.2, 0) is 4.74 Å². The fourth-order valence-electron chi connectivity index (χ4n) is 2.95. The summed E-state index contributed by atoms with van der Waals surface area (Å²) >= 11 is 2.28. The minimum atomic E-state index is -0.296. The van der Waals surface area contributed by atoms with Gasteiger partial charge in [0.25, 0.3) is 0 Å². The van der Waals surface area contributed by atoms with Crippen molar-refractivity contribution in [3.63, 3.8) is 0 Å². The number of benzene rings is 2. The molecule has 1 aromatic heterocycles. The molecule has 0 fully saturated rings. The van der Waals surface area contributed by atoms with Gasteiger partial charge in [0.1, 0.15) is 0 Å². The molecule has 0 N–H and O–H groups in total. The summed E-state index contributed by atoms with van der Waals surface area (Å²) in [5.41, 5.74) is 5.78. The summed E-state index contributed by atoms with van der Waals surface area (Å²) in [4.78, 5) is 16.4. The molecule has 3 rings (SSSR count). The summed E-state index contributed by atoms with van der Waals surface area (Å²) in [6, 6.07) is 17.7. The first kappa shape index (κ1) is 19.4. The Morgan fingerprint density at radius 3 is 2.41 bits per heavy atom. The van der Waals surface area contributed by atoms with Crippen LogP contribution in [0.25, 0.3) is 5.69 Å². The minimum Gasteiger partial charge on any atom is -0.462 e. The lowest BCUT2D eigenvalue weighted by Crippen LogP contribution is -2.05. The summed E-state index contributed by atoms with van der Waals surface area (Å²) < 4.78 is 8.39. The zero-order valence-corrected chi connectivity index (χ0v) is 17.7. The Hall–Kier alpha value is -2.41. The molecule has 3 aromatic rings. The van der Waals surface area contributed by atoms with Gasteiger partial charge in [-0.3, -0.25) is 4.99 Å². The molecule has 0 unspecified atom stereocenters. The number of aryl methyl sites for hydroxylation is 1. The number of hydrogen-bond acceptors (Lipinski definition) is 3. The molecule has 2 aromatic carbocycles. The lowest BCUT2D eigenvalue weighted by Gasteiger charge is -2.10. The number of rotatable bonds is 5. The predicted octanol–water partition coefficient (Wildman–Crippen LogP) is 5.63. The van der Waals surface area contributed by atoms with E-state index >= 15 is 0 Å². The van der Waals surface area contributed by atoms with Gasteiger partial charge in [0.15, 0.2) is 0 Å². The monoisotopic (exact) mass is 472 g/mol. The van der Waals surface area contributed by atoms with Gasteiger partial charge in [-0.2, -0.15) is 0 Å². The third-order valence-electron chi connectivity index (χ3n) is 4.29. The molecule has 0 atom stereocenters. The van der Waals surface area contributed by atoms with Gasteiger partial charge in [0.05, 0.1) is 17.9 Å². The first-order valence-electron chi connectivity index (χ1n) is 8.75. The second kappa shape index (κ2) is 8.52. The zero-order valence-electron chi connectivity index (χ0n) is 15.6. The van der Waals surface area contributed by atoms with Crippen LogP contribution in [0, 0.1) is 17.4 Å². The van der Waals surface area contributed by atoms with E-state index < -0.39 is 0 Å². The topological polar surface area (TPSA) is 43.6 Å². The second-order valence-corrected chi connectivity index (χ2v) is 7.41. The number of carbonyl (C=O) groups is 1. The van der Waals surface area contributed by atoms with Gasteiger partial charge < -0.3 is 9.30 Å². The second-order valence-electron chi connectivity index (χ2n) is 6.16. The van der Waals surface area contributed by atoms with Gasteiger partial charge in [-0.15, -0.1) is 0 Å². The molecule has 1 heterocycles. The molecule has 0 saturated carbocycles.